The normalized spacial score (nSPS) is 19.3. The zero-order valence-corrected chi connectivity index (χ0v) is 12.6. The van der Waals surface area contributed by atoms with Crippen LogP contribution < -0.4 is 0 Å². The third-order valence-corrected chi connectivity index (χ3v) is 5.11. The van der Waals surface area contributed by atoms with Crippen LogP contribution in [0.25, 0.3) is 0 Å². The second-order valence-corrected chi connectivity index (χ2v) is 6.53. The minimum absolute atomic E-state index is 0.0634. The molecule has 0 saturated carbocycles. The maximum absolute atomic E-state index is 12.4. The number of carbonyl (C=O) groups is 1. The zero-order valence-electron chi connectivity index (χ0n) is 11.8. The molecule has 2 aromatic heterocycles. The fraction of sp³-hybridized carbons (Fsp3) is 0.467. The van der Waals surface area contributed by atoms with Crippen molar-refractivity contribution in [2.75, 3.05) is 13.1 Å². The van der Waals surface area contributed by atoms with Crippen molar-refractivity contribution >= 4 is 17.2 Å². The summed E-state index contributed by atoms with van der Waals surface area (Å²) >= 11 is 1.76. The Morgan fingerprint density at radius 2 is 2.35 bits per heavy atom. The molecule has 0 aromatic carbocycles. The number of carbonyl (C=O) groups excluding carboxylic acids is 1. The lowest BCUT2D eigenvalue weighted by Gasteiger charge is -2.31. The average molecular weight is 290 g/mol. The molecular formula is C15H18N2O2S. The molecule has 3 rings (SSSR count). The van der Waals surface area contributed by atoms with Crippen LogP contribution in [-0.2, 0) is 0 Å². The monoisotopic (exact) mass is 290 g/mol. The smallest absolute Gasteiger partial charge is 0.257 e. The SMILES string of the molecule is Cc1nc([C@H]2CCCN(C(=O)c3ccoc3)C2)sc1C. The number of rotatable bonds is 2. The molecule has 0 spiro atoms. The Morgan fingerprint density at radius 3 is 3.00 bits per heavy atom. The van der Waals surface area contributed by atoms with E-state index in [1.165, 1.54) is 16.1 Å². The van der Waals surface area contributed by atoms with Crippen LogP contribution in [0.15, 0.2) is 23.0 Å². The molecule has 3 heterocycles. The maximum atomic E-state index is 12.4. The summed E-state index contributed by atoms with van der Waals surface area (Å²) in [5.41, 5.74) is 1.75. The molecule has 106 valence electrons. The average Bonchev–Trinajstić information content (AvgIpc) is 3.09. The number of thiazole rings is 1. The summed E-state index contributed by atoms with van der Waals surface area (Å²) in [6, 6.07) is 1.73. The van der Waals surface area contributed by atoms with E-state index in [1.807, 2.05) is 11.8 Å². The van der Waals surface area contributed by atoms with Gasteiger partial charge in [-0.05, 0) is 32.8 Å². The van der Waals surface area contributed by atoms with Crippen molar-refractivity contribution in [1.82, 2.24) is 9.88 Å². The van der Waals surface area contributed by atoms with Gasteiger partial charge in [0, 0.05) is 23.9 Å². The number of hydrogen-bond donors (Lipinski definition) is 0. The van der Waals surface area contributed by atoms with E-state index < -0.39 is 0 Å². The Balaban J connectivity index is 1.75. The van der Waals surface area contributed by atoms with E-state index in [-0.39, 0.29) is 5.91 Å². The standard InChI is InChI=1S/C15H18N2O2S/c1-10-11(2)20-14(16-10)12-4-3-6-17(8-12)15(18)13-5-7-19-9-13/h5,7,9,12H,3-4,6,8H2,1-2H3/t12-/m0/s1. The number of nitrogens with zero attached hydrogens (tertiary/aromatic N) is 2. The molecule has 0 unspecified atom stereocenters. The molecule has 1 amide bonds. The van der Waals surface area contributed by atoms with Gasteiger partial charge in [0.15, 0.2) is 0 Å². The molecule has 1 aliphatic rings. The van der Waals surface area contributed by atoms with Gasteiger partial charge in [-0.2, -0.15) is 0 Å². The predicted molar refractivity (Wildman–Crippen MR) is 78.2 cm³/mol. The van der Waals surface area contributed by atoms with Crippen molar-refractivity contribution in [2.24, 2.45) is 0 Å². The second kappa shape index (κ2) is 5.40. The summed E-state index contributed by atoms with van der Waals surface area (Å²) in [4.78, 5) is 20.2. The first-order chi connectivity index (χ1) is 9.65. The summed E-state index contributed by atoms with van der Waals surface area (Å²) in [6.45, 7) is 5.74. The summed E-state index contributed by atoms with van der Waals surface area (Å²) in [6.07, 6.45) is 5.21. The Hall–Kier alpha value is -1.62. The topological polar surface area (TPSA) is 46.3 Å². The highest BCUT2D eigenvalue weighted by atomic mass is 32.1. The quantitative estimate of drug-likeness (QED) is 0.852. The van der Waals surface area contributed by atoms with Gasteiger partial charge in [-0.3, -0.25) is 4.79 Å². The first kappa shape index (κ1) is 13.4. The minimum atomic E-state index is 0.0634. The third kappa shape index (κ3) is 2.50. The number of aryl methyl sites for hydroxylation is 2. The molecule has 4 nitrogen and oxygen atoms in total. The molecular weight excluding hydrogens is 272 g/mol. The highest BCUT2D eigenvalue weighted by Crippen LogP contribution is 2.31. The number of aromatic nitrogens is 1. The van der Waals surface area contributed by atoms with Crippen LogP contribution >= 0.6 is 11.3 Å². The first-order valence-corrected chi connectivity index (χ1v) is 7.72. The van der Waals surface area contributed by atoms with Gasteiger partial charge in [-0.1, -0.05) is 0 Å². The van der Waals surface area contributed by atoms with E-state index in [1.54, 1.807) is 23.7 Å². The van der Waals surface area contributed by atoms with E-state index in [2.05, 4.69) is 11.9 Å². The first-order valence-electron chi connectivity index (χ1n) is 6.90. The minimum Gasteiger partial charge on any atom is -0.472 e. The molecule has 1 atom stereocenters. The molecule has 1 aliphatic heterocycles. The fourth-order valence-corrected chi connectivity index (χ4v) is 3.65. The van der Waals surface area contributed by atoms with Crippen LogP contribution in [0.3, 0.4) is 0 Å². The summed E-state index contributed by atoms with van der Waals surface area (Å²) in [5, 5.41) is 1.17. The van der Waals surface area contributed by atoms with E-state index in [0.29, 0.717) is 11.5 Å². The van der Waals surface area contributed by atoms with Crippen LogP contribution in [-0.4, -0.2) is 28.9 Å². The lowest BCUT2D eigenvalue weighted by atomic mass is 9.98. The predicted octanol–water partition coefficient (Wildman–Crippen LogP) is 3.37. The Bertz CT molecular complexity index is 584. The van der Waals surface area contributed by atoms with Crippen LogP contribution in [0.1, 0.15) is 44.7 Å². The molecule has 0 N–H and O–H groups in total. The number of hydrogen-bond acceptors (Lipinski definition) is 4. The molecule has 0 bridgehead atoms. The molecule has 0 aliphatic carbocycles. The van der Waals surface area contributed by atoms with Crippen LogP contribution in [0.5, 0.6) is 0 Å². The highest BCUT2D eigenvalue weighted by Gasteiger charge is 2.27. The fourth-order valence-electron chi connectivity index (χ4n) is 2.60. The summed E-state index contributed by atoms with van der Waals surface area (Å²) < 4.78 is 5.00. The van der Waals surface area contributed by atoms with E-state index in [9.17, 15) is 4.79 Å². The largest absolute Gasteiger partial charge is 0.472 e. The van der Waals surface area contributed by atoms with Crippen molar-refractivity contribution in [2.45, 2.75) is 32.6 Å². The van der Waals surface area contributed by atoms with E-state index in [4.69, 9.17) is 4.42 Å². The van der Waals surface area contributed by atoms with Gasteiger partial charge in [-0.15, -0.1) is 11.3 Å². The Labute approximate surface area is 122 Å². The highest BCUT2D eigenvalue weighted by molar-refractivity contribution is 7.11. The van der Waals surface area contributed by atoms with E-state index >= 15 is 0 Å². The van der Waals surface area contributed by atoms with Gasteiger partial charge in [0.2, 0.25) is 0 Å². The van der Waals surface area contributed by atoms with Gasteiger partial charge in [0.1, 0.15) is 6.26 Å². The molecule has 1 saturated heterocycles. The van der Waals surface area contributed by atoms with Crippen molar-refractivity contribution < 1.29 is 9.21 Å². The third-order valence-electron chi connectivity index (χ3n) is 3.87. The number of amides is 1. The van der Waals surface area contributed by atoms with Crippen LogP contribution in [0.4, 0.5) is 0 Å². The second-order valence-electron chi connectivity index (χ2n) is 5.30. The van der Waals surface area contributed by atoms with E-state index in [0.717, 1.165) is 31.6 Å². The molecule has 20 heavy (non-hydrogen) atoms. The van der Waals surface area contributed by atoms with Gasteiger partial charge in [-0.25, -0.2) is 4.98 Å². The van der Waals surface area contributed by atoms with Gasteiger partial charge < -0.3 is 9.32 Å². The molecule has 2 aromatic rings. The van der Waals surface area contributed by atoms with Crippen LogP contribution in [0.2, 0.25) is 0 Å². The molecule has 5 heteroatoms. The molecule has 0 radical (unpaired) electrons. The lowest BCUT2D eigenvalue weighted by Crippen LogP contribution is -2.38. The lowest BCUT2D eigenvalue weighted by molar-refractivity contribution is 0.0706. The number of piperidine rings is 1. The zero-order chi connectivity index (χ0) is 14.1. The van der Waals surface area contributed by atoms with Crippen molar-refractivity contribution in [3.8, 4) is 0 Å². The van der Waals surface area contributed by atoms with Crippen molar-refractivity contribution in [3.63, 3.8) is 0 Å². The number of likely N-dealkylation sites (tertiary alicyclic amines) is 1. The summed E-state index contributed by atoms with van der Waals surface area (Å²) in [7, 11) is 0. The van der Waals surface area contributed by atoms with Crippen molar-refractivity contribution in [3.05, 3.63) is 39.7 Å². The number of furan rings is 1. The summed E-state index contributed by atoms with van der Waals surface area (Å²) in [5.74, 6) is 0.436. The molecule has 1 fully saturated rings. The van der Waals surface area contributed by atoms with Crippen LogP contribution in [0, 0.1) is 13.8 Å². The Morgan fingerprint density at radius 1 is 1.50 bits per heavy atom. The van der Waals surface area contributed by atoms with Gasteiger partial charge >= 0.3 is 0 Å². The Kier molecular flexibility index (Phi) is 3.61. The maximum Gasteiger partial charge on any atom is 0.257 e. The van der Waals surface area contributed by atoms with Gasteiger partial charge in [0.05, 0.1) is 22.5 Å². The van der Waals surface area contributed by atoms with Crippen molar-refractivity contribution in [1.29, 1.82) is 0 Å². The van der Waals surface area contributed by atoms with Gasteiger partial charge in [0.25, 0.3) is 5.91 Å².